The monoisotopic (exact) mass is 344 g/mol. The second-order valence-corrected chi connectivity index (χ2v) is 5.24. The molecule has 0 atom stereocenters. The number of non-ortho nitro benzene ring substituents is 1. The van der Waals surface area contributed by atoms with Gasteiger partial charge in [-0.2, -0.15) is 5.10 Å². The summed E-state index contributed by atoms with van der Waals surface area (Å²) in [5.41, 5.74) is 1.13. The number of aromatic nitrogens is 4. The van der Waals surface area contributed by atoms with Crippen LogP contribution in [0.3, 0.4) is 0 Å². The van der Waals surface area contributed by atoms with Gasteiger partial charge in [-0.25, -0.2) is 0 Å². The second kappa shape index (κ2) is 6.11. The van der Waals surface area contributed by atoms with Crippen molar-refractivity contribution in [2.75, 3.05) is 0 Å². The molecule has 0 unspecified atom stereocenters. The van der Waals surface area contributed by atoms with E-state index in [1.165, 1.54) is 28.9 Å². The van der Waals surface area contributed by atoms with E-state index in [0.29, 0.717) is 17.0 Å². The summed E-state index contributed by atoms with van der Waals surface area (Å²) >= 11 is 0. The molecular formula is C14H12N6O5. The maximum atomic E-state index is 11.0. The molecule has 25 heavy (non-hydrogen) atoms. The minimum absolute atomic E-state index is 0.0431. The van der Waals surface area contributed by atoms with Crippen LogP contribution in [0.1, 0.15) is 17.3 Å². The molecule has 11 heteroatoms. The van der Waals surface area contributed by atoms with Crippen molar-refractivity contribution in [1.82, 2.24) is 20.0 Å². The van der Waals surface area contributed by atoms with Crippen LogP contribution in [0, 0.1) is 34.1 Å². The molecule has 11 nitrogen and oxygen atoms in total. The summed E-state index contributed by atoms with van der Waals surface area (Å²) in [6.45, 7) is 3.23. The lowest BCUT2D eigenvalue weighted by Crippen LogP contribution is -2.04. The molecule has 2 heterocycles. The zero-order chi connectivity index (χ0) is 18.1. The highest BCUT2D eigenvalue weighted by Gasteiger charge is 2.23. The van der Waals surface area contributed by atoms with Gasteiger partial charge in [0, 0.05) is 17.7 Å². The molecule has 0 spiro atoms. The number of nitrogens with zero attached hydrogens (tertiary/aromatic N) is 6. The first kappa shape index (κ1) is 16.2. The Labute approximate surface area is 140 Å². The van der Waals surface area contributed by atoms with Gasteiger partial charge in [-0.15, -0.1) is 10.2 Å². The number of nitro benzene ring substituents is 1. The van der Waals surface area contributed by atoms with Gasteiger partial charge in [0.05, 0.1) is 9.85 Å². The molecule has 0 aliphatic heterocycles. The van der Waals surface area contributed by atoms with Gasteiger partial charge in [-0.1, -0.05) is 0 Å². The molecule has 1 aromatic carbocycles. The van der Waals surface area contributed by atoms with Gasteiger partial charge in [-0.05, 0) is 26.0 Å². The lowest BCUT2D eigenvalue weighted by atomic mass is 10.2. The molecule has 0 fully saturated rings. The molecule has 3 aromatic rings. The van der Waals surface area contributed by atoms with Crippen molar-refractivity contribution >= 4 is 11.4 Å². The number of nitro groups is 2. The fraction of sp³-hybridized carbons (Fsp3) is 0.214. The highest BCUT2D eigenvalue weighted by molar-refractivity contribution is 5.55. The van der Waals surface area contributed by atoms with E-state index < -0.39 is 9.85 Å². The normalized spacial score (nSPS) is 10.8. The van der Waals surface area contributed by atoms with Crippen molar-refractivity contribution in [3.63, 3.8) is 0 Å². The fourth-order valence-electron chi connectivity index (χ4n) is 2.39. The molecule has 0 saturated heterocycles. The number of aryl methyl sites for hydroxylation is 1. The summed E-state index contributed by atoms with van der Waals surface area (Å²) in [6, 6.07) is 5.68. The Morgan fingerprint density at radius 2 is 1.76 bits per heavy atom. The third kappa shape index (κ3) is 3.06. The van der Waals surface area contributed by atoms with Crippen LogP contribution in [0.15, 0.2) is 28.7 Å². The van der Waals surface area contributed by atoms with E-state index in [9.17, 15) is 20.2 Å². The van der Waals surface area contributed by atoms with E-state index >= 15 is 0 Å². The Hall–Kier alpha value is -3.63. The van der Waals surface area contributed by atoms with Crippen LogP contribution < -0.4 is 0 Å². The minimum Gasteiger partial charge on any atom is -0.419 e. The summed E-state index contributed by atoms with van der Waals surface area (Å²) in [5, 5.41) is 33.6. The first-order chi connectivity index (χ1) is 11.9. The van der Waals surface area contributed by atoms with E-state index in [1.54, 1.807) is 13.8 Å². The van der Waals surface area contributed by atoms with Crippen molar-refractivity contribution in [3.8, 4) is 11.5 Å². The molecule has 0 radical (unpaired) electrons. The van der Waals surface area contributed by atoms with Crippen LogP contribution in [-0.4, -0.2) is 29.8 Å². The highest BCUT2D eigenvalue weighted by Crippen LogP contribution is 2.24. The molecular weight excluding hydrogens is 332 g/mol. The quantitative estimate of drug-likeness (QED) is 0.507. The van der Waals surface area contributed by atoms with Crippen LogP contribution in [-0.2, 0) is 6.54 Å². The van der Waals surface area contributed by atoms with Crippen LogP contribution in [0.4, 0.5) is 11.4 Å². The summed E-state index contributed by atoms with van der Waals surface area (Å²) in [7, 11) is 0. The summed E-state index contributed by atoms with van der Waals surface area (Å²) in [4.78, 5) is 20.7. The Morgan fingerprint density at radius 3 is 2.32 bits per heavy atom. The largest absolute Gasteiger partial charge is 0.419 e. The Balaban J connectivity index is 1.84. The first-order valence-electron chi connectivity index (χ1n) is 7.12. The molecule has 0 N–H and O–H groups in total. The predicted octanol–water partition coefficient (Wildman–Crippen LogP) is 2.41. The SMILES string of the molecule is Cc1nn(Cc2nnc(-c3ccc([N+](=O)[O-])cc3)o2)c(C)c1[N+](=O)[O-]. The number of benzene rings is 1. The first-order valence-corrected chi connectivity index (χ1v) is 7.12. The predicted molar refractivity (Wildman–Crippen MR) is 83.8 cm³/mol. The maximum Gasteiger partial charge on any atom is 0.312 e. The van der Waals surface area contributed by atoms with Crippen molar-refractivity contribution < 1.29 is 14.3 Å². The minimum atomic E-state index is -0.501. The van der Waals surface area contributed by atoms with Crippen LogP contribution in [0.2, 0.25) is 0 Å². The molecule has 0 saturated carbocycles. The van der Waals surface area contributed by atoms with Crippen LogP contribution in [0.25, 0.3) is 11.5 Å². The molecule has 0 amide bonds. The highest BCUT2D eigenvalue weighted by atomic mass is 16.6. The number of hydrogen-bond acceptors (Lipinski definition) is 8. The van der Waals surface area contributed by atoms with Crippen molar-refractivity contribution in [1.29, 1.82) is 0 Å². The molecule has 3 rings (SSSR count). The zero-order valence-electron chi connectivity index (χ0n) is 13.2. The Kier molecular flexibility index (Phi) is 3.97. The van der Waals surface area contributed by atoms with Gasteiger partial charge in [0.1, 0.15) is 17.9 Å². The van der Waals surface area contributed by atoms with Gasteiger partial charge in [-0.3, -0.25) is 24.9 Å². The molecule has 0 aliphatic rings. The van der Waals surface area contributed by atoms with Gasteiger partial charge in [0.25, 0.3) is 5.69 Å². The van der Waals surface area contributed by atoms with Crippen LogP contribution >= 0.6 is 0 Å². The average Bonchev–Trinajstić information content (AvgIpc) is 3.12. The standard InChI is InChI=1S/C14H12N6O5/c1-8-13(20(23)24)9(2)18(17-8)7-12-15-16-14(25-12)10-3-5-11(6-4-10)19(21)22/h3-6H,7H2,1-2H3. The van der Waals surface area contributed by atoms with Gasteiger partial charge >= 0.3 is 5.69 Å². The Bertz CT molecular complexity index is 959. The second-order valence-electron chi connectivity index (χ2n) is 5.24. The van der Waals surface area contributed by atoms with E-state index in [1.807, 2.05) is 0 Å². The lowest BCUT2D eigenvalue weighted by molar-refractivity contribution is -0.386. The third-order valence-corrected chi connectivity index (χ3v) is 3.60. The fourth-order valence-corrected chi connectivity index (χ4v) is 2.39. The van der Waals surface area contributed by atoms with Gasteiger partial charge in [0.2, 0.25) is 11.8 Å². The van der Waals surface area contributed by atoms with Crippen molar-refractivity contribution in [3.05, 3.63) is 61.8 Å². The van der Waals surface area contributed by atoms with E-state index in [2.05, 4.69) is 15.3 Å². The number of rotatable bonds is 5. The van der Waals surface area contributed by atoms with E-state index in [0.717, 1.165) is 0 Å². The van der Waals surface area contributed by atoms with Crippen molar-refractivity contribution in [2.45, 2.75) is 20.4 Å². The molecule has 0 bridgehead atoms. The zero-order valence-corrected chi connectivity index (χ0v) is 13.2. The average molecular weight is 344 g/mol. The van der Waals surface area contributed by atoms with E-state index in [4.69, 9.17) is 4.42 Å². The summed E-state index contributed by atoms with van der Waals surface area (Å²) < 4.78 is 6.93. The van der Waals surface area contributed by atoms with E-state index in [-0.39, 0.29) is 29.7 Å². The lowest BCUT2D eigenvalue weighted by Gasteiger charge is -1.99. The summed E-state index contributed by atoms with van der Waals surface area (Å²) in [6.07, 6.45) is 0. The molecule has 128 valence electrons. The number of hydrogen-bond donors (Lipinski definition) is 0. The molecule has 0 aliphatic carbocycles. The summed E-state index contributed by atoms with van der Waals surface area (Å²) in [5.74, 6) is 0.412. The maximum absolute atomic E-state index is 11.0. The Morgan fingerprint density at radius 1 is 1.08 bits per heavy atom. The van der Waals surface area contributed by atoms with Crippen LogP contribution in [0.5, 0.6) is 0 Å². The topological polar surface area (TPSA) is 143 Å². The molecule has 2 aromatic heterocycles. The van der Waals surface area contributed by atoms with Crippen molar-refractivity contribution in [2.24, 2.45) is 0 Å². The van der Waals surface area contributed by atoms with Gasteiger partial charge < -0.3 is 4.42 Å². The van der Waals surface area contributed by atoms with Gasteiger partial charge in [0.15, 0.2) is 0 Å². The third-order valence-electron chi connectivity index (χ3n) is 3.60. The smallest absolute Gasteiger partial charge is 0.312 e.